The Bertz CT molecular complexity index is 784. The molecule has 0 fully saturated rings. The van der Waals surface area contributed by atoms with Crippen LogP contribution < -0.4 is 5.46 Å². The SMILES string of the molecule is [B]c1ccc(Cn2nnc3c(C)nc(SCCC)nc32)cc1. The minimum atomic E-state index is 0.616. The molecule has 3 aromatic rings. The van der Waals surface area contributed by atoms with E-state index >= 15 is 0 Å². The number of hydrogen-bond donors (Lipinski definition) is 0. The van der Waals surface area contributed by atoms with Crippen LogP contribution in [0.25, 0.3) is 11.2 Å². The summed E-state index contributed by atoms with van der Waals surface area (Å²) in [4.78, 5) is 9.10. The van der Waals surface area contributed by atoms with Gasteiger partial charge in [-0.15, -0.1) is 5.10 Å². The number of aryl methyl sites for hydroxylation is 1. The summed E-state index contributed by atoms with van der Waals surface area (Å²) in [6, 6.07) is 7.75. The molecule has 0 aliphatic heterocycles. The van der Waals surface area contributed by atoms with Crippen LogP contribution in [0.2, 0.25) is 0 Å². The fourth-order valence-electron chi connectivity index (χ4n) is 2.13. The molecule has 0 amide bonds. The monoisotopic (exact) mass is 309 g/mol. The van der Waals surface area contributed by atoms with Crippen molar-refractivity contribution in [3.8, 4) is 0 Å². The first kappa shape index (κ1) is 15.0. The minimum Gasteiger partial charge on any atom is -0.225 e. The standard InChI is InChI=1S/C15H16BN5S/c1-3-8-22-15-17-10(2)13-14(18-15)21(20-19-13)9-11-4-6-12(16)7-5-11/h4-7H,3,8-9H2,1-2H3. The van der Waals surface area contributed by atoms with E-state index in [-0.39, 0.29) is 0 Å². The second kappa shape index (κ2) is 6.48. The smallest absolute Gasteiger partial charge is 0.189 e. The highest BCUT2D eigenvalue weighted by atomic mass is 32.2. The molecule has 2 radical (unpaired) electrons. The summed E-state index contributed by atoms with van der Waals surface area (Å²) in [7, 11) is 5.72. The van der Waals surface area contributed by atoms with E-state index in [4.69, 9.17) is 7.85 Å². The normalized spacial score (nSPS) is 11.2. The summed E-state index contributed by atoms with van der Waals surface area (Å²) < 4.78 is 1.81. The molecule has 0 N–H and O–H groups in total. The molecule has 2 heterocycles. The van der Waals surface area contributed by atoms with Crippen molar-refractivity contribution in [3.05, 3.63) is 35.5 Å². The summed E-state index contributed by atoms with van der Waals surface area (Å²) in [5.74, 6) is 1.00. The zero-order valence-electron chi connectivity index (χ0n) is 12.7. The van der Waals surface area contributed by atoms with Crippen LogP contribution in [0.1, 0.15) is 24.6 Å². The first-order valence-corrected chi connectivity index (χ1v) is 8.21. The Kier molecular flexibility index (Phi) is 4.43. The topological polar surface area (TPSA) is 56.5 Å². The Morgan fingerprint density at radius 2 is 1.95 bits per heavy atom. The van der Waals surface area contributed by atoms with Gasteiger partial charge in [0, 0.05) is 5.75 Å². The van der Waals surface area contributed by atoms with E-state index in [0.717, 1.165) is 45.2 Å². The van der Waals surface area contributed by atoms with Crippen molar-refractivity contribution in [1.82, 2.24) is 25.0 Å². The molecular weight excluding hydrogens is 293 g/mol. The molecule has 7 heteroatoms. The molecule has 1 aromatic carbocycles. The van der Waals surface area contributed by atoms with E-state index in [9.17, 15) is 0 Å². The number of fused-ring (bicyclic) bond motifs is 1. The van der Waals surface area contributed by atoms with Gasteiger partial charge in [-0.1, -0.05) is 53.6 Å². The fraction of sp³-hybridized carbons (Fsp3) is 0.333. The van der Waals surface area contributed by atoms with Gasteiger partial charge >= 0.3 is 0 Å². The van der Waals surface area contributed by atoms with E-state index in [2.05, 4.69) is 27.2 Å². The van der Waals surface area contributed by atoms with Gasteiger partial charge in [0.2, 0.25) is 0 Å². The molecule has 0 aliphatic rings. The van der Waals surface area contributed by atoms with Gasteiger partial charge in [-0.25, -0.2) is 14.6 Å². The third-order valence-electron chi connectivity index (χ3n) is 3.26. The molecular formula is C15H16BN5S. The number of thioether (sulfide) groups is 1. The number of nitrogens with zero attached hydrogens (tertiary/aromatic N) is 5. The van der Waals surface area contributed by atoms with Gasteiger partial charge < -0.3 is 0 Å². The fourth-order valence-corrected chi connectivity index (χ4v) is 2.86. The van der Waals surface area contributed by atoms with E-state index in [1.807, 2.05) is 35.9 Å². The van der Waals surface area contributed by atoms with Gasteiger partial charge in [0.25, 0.3) is 0 Å². The molecule has 2 aromatic heterocycles. The lowest BCUT2D eigenvalue weighted by atomic mass is 9.95. The zero-order valence-corrected chi connectivity index (χ0v) is 13.5. The molecule has 110 valence electrons. The van der Waals surface area contributed by atoms with Crippen LogP contribution in [0.4, 0.5) is 0 Å². The maximum absolute atomic E-state index is 5.72. The van der Waals surface area contributed by atoms with Crippen molar-refractivity contribution in [2.75, 3.05) is 5.75 Å². The largest absolute Gasteiger partial charge is 0.225 e. The highest BCUT2D eigenvalue weighted by Gasteiger charge is 2.12. The van der Waals surface area contributed by atoms with Crippen LogP contribution >= 0.6 is 11.8 Å². The Labute approximate surface area is 135 Å². The molecule has 0 saturated heterocycles. The number of aromatic nitrogens is 5. The molecule has 5 nitrogen and oxygen atoms in total. The highest BCUT2D eigenvalue weighted by Crippen LogP contribution is 2.20. The molecule has 0 unspecified atom stereocenters. The average Bonchev–Trinajstić information content (AvgIpc) is 2.91. The maximum atomic E-state index is 5.72. The predicted molar refractivity (Wildman–Crippen MR) is 89.8 cm³/mol. The lowest BCUT2D eigenvalue weighted by Crippen LogP contribution is -2.06. The van der Waals surface area contributed by atoms with Gasteiger partial charge in [-0.05, 0) is 18.9 Å². The third kappa shape index (κ3) is 3.14. The first-order valence-electron chi connectivity index (χ1n) is 7.22. The summed E-state index contributed by atoms with van der Waals surface area (Å²) in [5, 5.41) is 9.21. The van der Waals surface area contributed by atoms with Crippen LogP contribution in [0.15, 0.2) is 29.4 Å². The van der Waals surface area contributed by atoms with Gasteiger partial charge in [0.15, 0.2) is 16.3 Å². The molecule has 22 heavy (non-hydrogen) atoms. The molecule has 0 saturated carbocycles. The van der Waals surface area contributed by atoms with Crippen molar-refractivity contribution in [2.24, 2.45) is 0 Å². The minimum absolute atomic E-state index is 0.616. The van der Waals surface area contributed by atoms with Crippen LogP contribution in [0.5, 0.6) is 0 Å². The second-order valence-electron chi connectivity index (χ2n) is 5.10. The summed E-state index contributed by atoms with van der Waals surface area (Å²) in [6.45, 7) is 4.71. The lowest BCUT2D eigenvalue weighted by Gasteiger charge is -2.05. The first-order chi connectivity index (χ1) is 10.7. The third-order valence-corrected chi connectivity index (χ3v) is 4.32. The highest BCUT2D eigenvalue weighted by molar-refractivity contribution is 7.99. The Morgan fingerprint density at radius 1 is 1.18 bits per heavy atom. The van der Waals surface area contributed by atoms with Crippen LogP contribution in [0.3, 0.4) is 0 Å². The van der Waals surface area contributed by atoms with Crippen LogP contribution in [0, 0.1) is 6.92 Å². The summed E-state index contributed by atoms with van der Waals surface area (Å²) in [6.07, 6.45) is 1.09. The van der Waals surface area contributed by atoms with Gasteiger partial charge in [-0.2, -0.15) is 0 Å². The zero-order chi connectivity index (χ0) is 15.5. The van der Waals surface area contributed by atoms with E-state index < -0.39 is 0 Å². The van der Waals surface area contributed by atoms with Crippen molar-refractivity contribution in [1.29, 1.82) is 0 Å². The van der Waals surface area contributed by atoms with Crippen molar-refractivity contribution in [2.45, 2.75) is 32.0 Å². The summed E-state index contributed by atoms with van der Waals surface area (Å²) >= 11 is 1.66. The molecule has 0 atom stereocenters. The number of benzene rings is 1. The quantitative estimate of drug-likeness (QED) is 0.409. The van der Waals surface area contributed by atoms with E-state index in [0.29, 0.717) is 6.54 Å². The maximum Gasteiger partial charge on any atom is 0.189 e. The molecule has 3 rings (SSSR count). The number of rotatable bonds is 5. The number of hydrogen-bond acceptors (Lipinski definition) is 5. The molecule has 0 bridgehead atoms. The van der Waals surface area contributed by atoms with Crippen molar-refractivity contribution in [3.63, 3.8) is 0 Å². The van der Waals surface area contributed by atoms with Crippen molar-refractivity contribution >= 4 is 36.2 Å². The Balaban J connectivity index is 1.95. The van der Waals surface area contributed by atoms with Gasteiger partial charge in [0.05, 0.1) is 12.2 Å². The van der Waals surface area contributed by atoms with Gasteiger partial charge in [0.1, 0.15) is 7.85 Å². The average molecular weight is 309 g/mol. The molecule has 0 aliphatic carbocycles. The van der Waals surface area contributed by atoms with Crippen molar-refractivity contribution < 1.29 is 0 Å². The van der Waals surface area contributed by atoms with Crippen LogP contribution in [-0.4, -0.2) is 38.6 Å². The predicted octanol–water partition coefficient (Wildman–Crippen LogP) is 1.87. The second-order valence-corrected chi connectivity index (χ2v) is 6.16. The van der Waals surface area contributed by atoms with Gasteiger partial charge in [-0.3, -0.25) is 0 Å². The van der Waals surface area contributed by atoms with E-state index in [1.165, 1.54) is 0 Å². The Morgan fingerprint density at radius 3 is 2.68 bits per heavy atom. The lowest BCUT2D eigenvalue weighted by molar-refractivity contribution is 0.661. The van der Waals surface area contributed by atoms with E-state index in [1.54, 1.807) is 11.8 Å². The molecule has 0 spiro atoms. The summed E-state index contributed by atoms with van der Waals surface area (Å²) in [5.41, 5.74) is 4.27. The van der Waals surface area contributed by atoms with Crippen LogP contribution in [-0.2, 0) is 6.54 Å². The Hall–Kier alpha value is -1.89.